The van der Waals surface area contributed by atoms with Crippen LogP contribution in [-0.4, -0.2) is 4.87 Å². The van der Waals surface area contributed by atoms with Crippen molar-refractivity contribution in [1.82, 2.24) is 0 Å². The summed E-state index contributed by atoms with van der Waals surface area (Å²) in [6, 6.07) is 6.54. The second-order valence-corrected chi connectivity index (χ2v) is 5.54. The molecule has 2 rings (SSSR count). The maximum Gasteiger partial charge on any atom is 0.123 e. The van der Waals surface area contributed by atoms with Crippen LogP contribution in [0.3, 0.4) is 0 Å². The summed E-state index contributed by atoms with van der Waals surface area (Å²) in [7, 11) is 0. The molecule has 0 nitrogen and oxygen atoms in total. The summed E-state index contributed by atoms with van der Waals surface area (Å²) in [6.45, 7) is 1.99. The first kappa shape index (κ1) is 12.7. The van der Waals surface area contributed by atoms with Gasteiger partial charge in [0.25, 0.3) is 0 Å². The molecule has 0 radical (unpaired) electrons. The van der Waals surface area contributed by atoms with Crippen LogP contribution in [0.1, 0.15) is 24.8 Å². The molecular formula is C14H13Cl2F. The lowest BCUT2D eigenvalue weighted by atomic mass is 9.82. The Hall–Kier alpha value is -0.790. The summed E-state index contributed by atoms with van der Waals surface area (Å²) in [6.07, 6.45) is 6.19. The fourth-order valence-corrected chi connectivity index (χ4v) is 2.74. The molecule has 0 aliphatic heterocycles. The molecule has 90 valence electrons. The van der Waals surface area contributed by atoms with E-state index in [1.807, 2.05) is 31.2 Å². The van der Waals surface area contributed by atoms with Crippen LogP contribution in [-0.2, 0) is 0 Å². The maximum absolute atomic E-state index is 13.2. The van der Waals surface area contributed by atoms with Crippen LogP contribution >= 0.6 is 23.2 Å². The third-order valence-corrected chi connectivity index (χ3v) is 4.01. The van der Waals surface area contributed by atoms with Crippen LogP contribution in [0, 0.1) is 5.82 Å². The lowest BCUT2D eigenvalue weighted by Crippen LogP contribution is -2.27. The number of halogens is 3. The number of benzene rings is 1. The van der Waals surface area contributed by atoms with E-state index in [1.165, 1.54) is 12.1 Å². The van der Waals surface area contributed by atoms with E-state index in [0.717, 1.165) is 10.6 Å². The van der Waals surface area contributed by atoms with Gasteiger partial charge in [0.2, 0.25) is 0 Å². The molecule has 0 N–H and O–H groups in total. The van der Waals surface area contributed by atoms with Gasteiger partial charge in [0.15, 0.2) is 0 Å². The van der Waals surface area contributed by atoms with Gasteiger partial charge in [0, 0.05) is 17.4 Å². The predicted molar refractivity (Wildman–Crippen MR) is 71.1 cm³/mol. The number of rotatable bonds is 2. The summed E-state index contributed by atoms with van der Waals surface area (Å²) in [4.78, 5) is -0.570. The maximum atomic E-state index is 13.2. The van der Waals surface area contributed by atoms with Crippen molar-refractivity contribution in [3.05, 3.63) is 58.9 Å². The second-order valence-electron chi connectivity index (χ2n) is 4.35. The highest BCUT2D eigenvalue weighted by molar-refractivity contribution is 6.32. The monoisotopic (exact) mass is 270 g/mol. The topological polar surface area (TPSA) is 0 Å². The van der Waals surface area contributed by atoms with Gasteiger partial charge < -0.3 is 0 Å². The summed E-state index contributed by atoms with van der Waals surface area (Å²) in [5.41, 5.74) is 0.885. The van der Waals surface area contributed by atoms with E-state index < -0.39 is 4.87 Å². The van der Waals surface area contributed by atoms with Crippen molar-refractivity contribution in [3.8, 4) is 0 Å². The van der Waals surface area contributed by atoms with E-state index >= 15 is 0 Å². The van der Waals surface area contributed by atoms with Crippen molar-refractivity contribution in [2.75, 3.05) is 0 Å². The highest BCUT2D eigenvalue weighted by Crippen LogP contribution is 2.42. The van der Waals surface area contributed by atoms with Crippen molar-refractivity contribution in [2.45, 2.75) is 24.1 Å². The zero-order valence-electron chi connectivity index (χ0n) is 9.46. The molecule has 0 saturated carbocycles. The number of allylic oxidation sites excluding steroid dienone is 4. The minimum Gasteiger partial charge on any atom is -0.207 e. The zero-order valence-corrected chi connectivity index (χ0v) is 11.0. The zero-order chi connectivity index (χ0) is 12.5. The smallest absolute Gasteiger partial charge is 0.123 e. The molecule has 2 unspecified atom stereocenters. The molecule has 2 atom stereocenters. The molecule has 0 saturated heterocycles. The van der Waals surface area contributed by atoms with Crippen LogP contribution in [0.2, 0.25) is 0 Å². The van der Waals surface area contributed by atoms with Gasteiger partial charge in [-0.25, -0.2) is 4.39 Å². The van der Waals surface area contributed by atoms with Gasteiger partial charge >= 0.3 is 0 Å². The van der Waals surface area contributed by atoms with Gasteiger partial charge in [0.05, 0.1) is 4.87 Å². The summed E-state index contributed by atoms with van der Waals surface area (Å²) in [5, 5.41) is 0.728. The molecule has 0 amide bonds. The predicted octanol–water partition coefficient (Wildman–Crippen LogP) is 4.99. The Morgan fingerprint density at radius 3 is 2.82 bits per heavy atom. The molecule has 0 heterocycles. The van der Waals surface area contributed by atoms with Gasteiger partial charge in [-0.3, -0.25) is 0 Å². The first-order chi connectivity index (χ1) is 8.01. The molecule has 0 spiro atoms. The average molecular weight is 271 g/mol. The van der Waals surface area contributed by atoms with E-state index in [1.54, 1.807) is 6.07 Å². The fourth-order valence-electron chi connectivity index (χ4n) is 2.04. The Labute approximate surface area is 111 Å². The average Bonchev–Trinajstić information content (AvgIpc) is 2.27. The summed E-state index contributed by atoms with van der Waals surface area (Å²) < 4.78 is 13.2. The Bertz CT molecular complexity index is 479. The van der Waals surface area contributed by atoms with Crippen molar-refractivity contribution in [2.24, 2.45) is 0 Å². The second kappa shape index (κ2) is 4.83. The van der Waals surface area contributed by atoms with Crippen LogP contribution in [0.25, 0.3) is 0 Å². The molecular weight excluding hydrogens is 258 g/mol. The summed E-state index contributed by atoms with van der Waals surface area (Å²) in [5.74, 6) is -0.241. The lowest BCUT2D eigenvalue weighted by Gasteiger charge is -2.32. The van der Waals surface area contributed by atoms with Gasteiger partial charge in [-0.15, -0.1) is 11.6 Å². The van der Waals surface area contributed by atoms with E-state index in [4.69, 9.17) is 23.2 Å². The van der Waals surface area contributed by atoms with Crippen LogP contribution in [0.15, 0.2) is 47.5 Å². The minimum absolute atomic E-state index is 0.00133. The summed E-state index contributed by atoms with van der Waals surface area (Å²) >= 11 is 12.6. The quantitative estimate of drug-likeness (QED) is 0.665. The van der Waals surface area contributed by atoms with Gasteiger partial charge in [-0.2, -0.15) is 0 Å². The molecule has 1 aliphatic rings. The van der Waals surface area contributed by atoms with Gasteiger partial charge in [-0.05, 0) is 23.8 Å². The van der Waals surface area contributed by atoms with E-state index in [0.29, 0.717) is 6.42 Å². The lowest BCUT2D eigenvalue weighted by molar-refractivity contribution is 0.568. The molecule has 17 heavy (non-hydrogen) atoms. The highest BCUT2D eigenvalue weighted by Gasteiger charge is 2.34. The normalized spacial score (nSPS) is 25.5. The molecule has 0 bridgehead atoms. The Morgan fingerprint density at radius 2 is 2.18 bits per heavy atom. The van der Waals surface area contributed by atoms with E-state index in [2.05, 4.69) is 0 Å². The van der Waals surface area contributed by atoms with Crippen LogP contribution < -0.4 is 0 Å². The Kier molecular flexibility index (Phi) is 3.60. The molecule has 0 fully saturated rings. The number of hydrogen-bond donors (Lipinski definition) is 0. The molecule has 1 aromatic rings. The standard InChI is InChI=1S/C14H13Cl2F/c1-10(11-4-2-6-13(17)8-11)14(16)7-3-5-12(15)9-14/h2-8,10H,9H2,1H3. The van der Waals surface area contributed by atoms with Crippen molar-refractivity contribution in [1.29, 1.82) is 0 Å². The van der Waals surface area contributed by atoms with E-state index in [9.17, 15) is 4.39 Å². The van der Waals surface area contributed by atoms with Crippen molar-refractivity contribution in [3.63, 3.8) is 0 Å². The molecule has 1 aromatic carbocycles. The fraction of sp³-hybridized carbons (Fsp3) is 0.286. The third-order valence-electron chi connectivity index (χ3n) is 3.16. The molecule has 3 heteroatoms. The first-order valence-electron chi connectivity index (χ1n) is 5.49. The largest absolute Gasteiger partial charge is 0.207 e. The van der Waals surface area contributed by atoms with Crippen LogP contribution in [0.5, 0.6) is 0 Å². The minimum atomic E-state index is -0.570. The Balaban J connectivity index is 2.29. The first-order valence-corrected chi connectivity index (χ1v) is 6.25. The van der Waals surface area contributed by atoms with Crippen molar-refractivity contribution < 1.29 is 4.39 Å². The number of alkyl halides is 1. The van der Waals surface area contributed by atoms with Gasteiger partial charge in [0.1, 0.15) is 5.82 Å². The van der Waals surface area contributed by atoms with Gasteiger partial charge in [-0.1, -0.05) is 42.8 Å². The SMILES string of the molecule is CC(c1cccc(F)c1)C1(Cl)C=CC=C(Cl)C1. The third kappa shape index (κ3) is 2.72. The molecule has 1 aliphatic carbocycles. The van der Waals surface area contributed by atoms with Crippen LogP contribution in [0.4, 0.5) is 4.39 Å². The van der Waals surface area contributed by atoms with E-state index in [-0.39, 0.29) is 11.7 Å². The van der Waals surface area contributed by atoms with Crippen molar-refractivity contribution >= 4 is 23.2 Å². The molecule has 0 aromatic heterocycles. The highest BCUT2D eigenvalue weighted by atomic mass is 35.5. The number of hydrogen-bond acceptors (Lipinski definition) is 0. The Morgan fingerprint density at radius 1 is 1.41 bits per heavy atom.